The lowest BCUT2D eigenvalue weighted by molar-refractivity contribution is 0.0527. The number of fused-ring (bicyclic) bond motifs is 10. The molecule has 1 fully saturated rings. The Balaban J connectivity index is 0.000000166. The number of hydrogen-bond acceptors (Lipinski definition) is 14. The minimum Gasteiger partial charge on any atom is -0.462 e. The van der Waals surface area contributed by atoms with Crippen LogP contribution in [0.3, 0.4) is 0 Å². The van der Waals surface area contributed by atoms with Gasteiger partial charge in [0.2, 0.25) is 10.9 Å². The second kappa shape index (κ2) is 21.4. The fourth-order valence-corrected chi connectivity index (χ4v) is 13.0. The topological polar surface area (TPSA) is 153 Å². The average Bonchev–Trinajstić information content (AvgIpc) is 4.14. The molecule has 1 aliphatic heterocycles. The van der Waals surface area contributed by atoms with Gasteiger partial charge in [-0.25, -0.2) is 13.6 Å². The molecule has 13 nitrogen and oxygen atoms in total. The molecule has 0 spiro atoms. The van der Waals surface area contributed by atoms with E-state index in [0.717, 1.165) is 51.5 Å². The summed E-state index contributed by atoms with van der Waals surface area (Å²) in [5.41, 5.74) is 3.59. The van der Waals surface area contributed by atoms with Crippen LogP contribution in [0.25, 0.3) is 51.9 Å². The fourth-order valence-electron chi connectivity index (χ4n) is 8.74. The Morgan fingerprint density at radius 3 is 1.70 bits per heavy atom. The number of rotatable bonds is 14. The van der Waals surface area contributed by atoms with Gasteiger partial charge >= 0.3 is 5.97 Å². The molecule has 7 heterocycles. The van der Waals surface area contributed by atoms with Crippen molar-refractivity contribution < 1.29 is 23.1 Å². The van der Waals surface area contributed by atoms with Gasteiger partial charge in [-0.05, 0) is 81.4 Å². The average molecular weight is 1030 g/mol. The minimum absolute atomic E-state index is 0.0620. The van der Waals surface area contributed by atoms with E-state index in [2.05, 4.69) is 30.2 Å². The summed E-state index contributed by atoms with van der Waals surface area (Å²) in [5, 5.41) is 3.29. The molecule has 1 aliphatic rings. The van der Waals surface area contributed by atoms with Crippen LogP contribution < -0.4 is 16.2 Å². The SMILES string of the molecule is CCOC(=O)c1c(=O)c2cc(F)c(SCCc3cnccn3)cc2n2c1sc1ccccc12.O=C(NCCN1CCCC1)c1c(=O)c2cc(F)c(SCCc3cnccn3)cc2n2c1sc1ccccc12. The first kappa shape index (κ1) is 48.0. The first-order chi connectivity index (χ1) is 34.7. The van der Waals surface area contributed by atoms with Gasteiger partial charge in [0.25, 0.3) is 5.91 Å². The number of amides is 1. The molecule has 360 valence electrons. The van der Waals surface area contributed by atoms with Crippen molar-refractivity contribution in [3.05, 3.63) is 165 Å². The molecule has 0 aliphatic carbocycles. The molecule has 1 amide bonds. The van der Waals surface area contributed by atoms with Gasteiger partial charge in [-0.15, -0.1) is 46.2 Å². The Morgan fingerprint density at radius 1 is 0.690 bits per heavy atom. The summed E-state index contributed by atoms with van der Waals surface area (Å²) in [7, 11) is 0. The molecule has 0 unspecified atom stereocenters. The largest absolute Gasteiger partial charge is 0.462 e. The van der Waals surface area contributed by atoms with Crippen LogP contribution in [0.1, 0.15) is 51.9 Å². The zero-order valence-electron chi connectivity index (χ0n) is 38.2. The number of benzene rings is 4. The highest BCUT2D eigenvalue weighted by Gasteiger charge is 2.26. The normalized spacial score (nSPS) is 12.9. The third-order valence-electron chi connectivity index (χ3n) is 12.1. The molecular formula is C52H44F2N8O5S4. The van der Waals surface area contributed by atoms with Gasteiger partial charge in [0.05, 0.1) is 54.8 Å². The second-order valence-electron chi connectivity index (χ2n) is 16.5. The predicted molar refractivity (Wildman–Crippen MR) is 280 cm³/mol. The number of likely N-dealkylation sites (tertiary alicyclic amines) is 1. The van der Waals surface area contributed by atoms with Gasteiger partial charge in [-0.2, -0.15) is 0 Å². The van der Waals surface area contributed by atoms with Crippen LogP contribution in [-0.4, -0.2) is 89.8 Å². The minimum atomic E-state index is -0.698. The molecule has 71 heavy (non-hydrogen) atoms. The first-order valence-electron chi connectivity index (χ1n) is 23.0. The molecule has 19 heteroatoms. The number of ether oxygens (including phenoxy) is 1. The Hall–Kier alpha value is -6.64. The molecule has 4 aromatic carbocycles. The van der Waals surface area contributed by atoms with E-state index in [1.54, 1.807) is 56.2 Å². The van der Waals surface area contributed by atoms with Crippen molar-refractivity contribution in [2.75, 3.05) is 44.3 Å². The van der Waals surface area contributed by atoms with Crippen LogP contribution in [0.5, 0.6) is 0 Å². The summed E-state index contributed by atoms with van der Waals surface area (Å²) < 4.78 is 41.1. The smallest absolute Gasteiger partial charge is 0.345 e. The number of nitrogens with one attached hydrogen (secondary N) is 1. The molecule has 0 saturated carbocycles. The molecule has 0 radical (unpaired) electrons. The monoisotopic (exact) mass is 1030 g/mol. The third kappa shape index (κ3) is 9.88. The van der Waals surface area contributed by atoms with E-state index in [9.17, 15) is 19.2 Å². The lowest BCUT2D eigenvalue weighted by atomic mass is 10.1. The molecule has 0 bridgehead atoms. The summed E-state index contributed by atoms with van der Waals surface area (Å²) in [4.78, 5) is 73.9. The van der Waals surface area contributed by atoms with Crippen LogP contribution in [0, 0.1) is 11.6 Å². The Morgan fingerprint density at radius 2 is 1.20 bits per heavy atom. The quantitative estimate of drug-likeness (QED) is 0.0815. The maximum atomic E-state index is 15.3. The number of aryl methyl sites for hydroxylation is 2. The van der Waals surface area contributed by atoms with Crippen molar-refractivity contribution in [1.29, 1.82) is 0 Å². The lowest BCUT2D eigenvalue weighted by Crippen LogP contribution is -2.35. The number of hydrogen-bond donors (Lipinski definition) is 1. The fraction of sp³-hybridized carbons (Fsp3) is 0.231. The van der Waals surface area contributed by atoms with Crippen molar-refractivity contribution in [2.24, 2.45) is 0 Å². The van der Waals surface area contributed by atoms with Crippen molar-refractivity contribution in [1.82, 2.24) is 39.0 Å². The number of halogens is 2. The van der Waals surface area contributed by atoms with Gasteiger partial charge in [0, 0.05) is 89.8 Å². The van der Waals surface area contributed by atoms with E-state index < -0.39 is 34.4 Å². The van der Waals surface area contributed by atoms with E-state index in [1.165, 1.54) is 71.2 Å². The molecular weight excluding hydrogens is 983 g/mol. The molecule has 0 atom stereocenters. The Labute approximate surface area is 421 Å². The van der Waals surface area contributed by atoms with E-state index in [4.69, 9.17) is 4.74 Å². The standard InChI is InChI=1S/C28H26FN5O2S2.C24H18FN3O3S2/c29-20-15-19-22(16-24(20)37-14-7-18-17-30-8-9-31-18)34-21-5-1-2-6-23(21)38-28(34)25(26(19)35)27(36)32-10-13-33-11-3-4-12-33;1-2-31-24(30)21-22(29)15-11-16(25)20(32-10-7-14-13-26-8-9-27-14)12-18(15)28-17-5-3-4-6-19(17)33-23(21)28/h1-2,5-6,8-9,15-17H,3-4,7,10-14H2,(H,32,36);3-6,8-9,11-13H,2,7,10H2,1H3. The highest BCUT2D eigenvalue weighted by Crippen LogP contribution is 2.36. The van der Waals surface area contributed by atoms with Gasteiger partial charge < -0.3 is 15.0 Å². The van der Waals surface area contributed by atoms with E-state index >= 15 is 8.78 Å². The third-order valence-corrected chi connectivity index (χ3v) is 16.4. The van der Waals surface area contributed by atoms with Gasteiger partial charge in [-0.3, -0.25) is 43.1 Å². The van der Waals surface area contributed by atoms with Gasteiger partial charge in [-0.1, -0.05) is 24.3 Å². The predicted octanol–water partition coefficient (Wildman–Crippen LogP) is 9.86. The number of esters is 1. The van der Waals surface area contributed by atoms with Crippen LogP contribution in [0.2, 0.25) is 0 Å². The summed E-state index contributed by atoms with van der Waals surface area (Å²) >= 11 is 5.47. The number of nitrogens with zero attached hydrogens (tertiary/aromatic N) is 7. The zero-order chi connectivity index (χ0) is 49.0. The van der Waals surface area contributed by atoms with Crippen molar-refractivity contribution >= 4 is 110 Å². The lowest BCUT2D eigenvalue weighted by Gasteiger charge is -2.15. The second-order valence-corrected chi connectivity index (χ2v) is 20.9. The highest BCUT2D eigenvalue weighted by atomic mass is 32.2. The van der Waals surface area contributed by atoms with Gasteiger partial charge in [0.1, 0.15) is 32.4 Å². The maximum absolute atomic E-state index is 15.3. The molecule has 6 aromatic heterocycles. The molecule has 11 rings (SSSR count). The van der Waals surface area contributed by atoms with E-state index in [1.807, 2.05) is 57.3 Å². The van der Waals surface area contributed by atoms with Crippen LogP contribution >= 0.6 is 46.2 Å². The molecule has 1 N–H and O–H groups in total. The van der Waals surface area contributed by atoms with E-state index in [0.29, 0.717) is 61.4 Å². The molecule has 10 aromatic rings. The summed E-state index contributed by atoms with van der Waals surface area (Å²) in [6.45, 7) is 5.11. The first-order valence-corrected chi connectivity index (χ1v) is 26.6. The number of thiazole rings is 2. The number of carbonyl (C=O) groups is 2. The van der Waals surface area contributed by atoms with Crippen molar-refractivity contribution in [2.45, 2.75) is 42.4 Å². The number of aromatic nitrogens is 6. The number of thioether (sulfide) groups is 2. The summed E-state index contributed by atoms with van der Waals surface area (Å²) in [6.07, 6.45) is 13.5. The summed E-state index contributed by atoms with van der Waals surface area (Å²) in [5.74, 6) is -0.873. The number of pyridine rings is 2. The molecule has 1 saturated heterocycles. The van der Waals surface area contributed by atoms with Gasteiger partial charge in [0.15, 0.2) is 0 Å². The zero-order valence-corrected chi connectivity index (χ0v) is 41.5. The number of para-hydroxylation sites is 2. The van der Waals surface area contributed by atoms with Crippen LogP contribution in [0.4, 0.5) is 8.78 Å². The van der Waals surface area contributed by atoms with Crippen molar-refractivity contribution in [3.8, 4) is 0 Å². The number of carbonyl (C=O) groups excluding carboxylic acids is 2. The highest BCUT2D eigenvalue weighted by molar-refractivity contribution is 7.99. The summed E-state index contributed by atoms with van der Waals surface area (Å²) in [6, 6.07) is 21.4. The van der Waals surface area contributed by atoms with E-state index in [-0.39, 0.29) is 28.5 Å². The van der Waals surface area contributed by atoms with Crippen molar-refractivity contribution in [3.63, 3.8) is 0 Å². The Kier molecular flexibility index (Phi) is 14.5. The van der Waals surface area contributed by atoms with Crippen LogP contribution in [-0.2, 0) is 17.6 Å². The Bertz CT molecular complexity index is 3750. The van der Waals surface area contributed by atoms with Crippen LogP contribution in [0.15, 0.2) is 129 Å². The maximum Gasteiger partial charge on any atom is 0.345 e.